The zero-order chi connectivity index (χ0) is 46.9. The third kappa shape index (κ3) is 6.40. The number of fused-ring (bicyclic) bond motifs is 11. The molecule has 12 rings (SSSR count). The van der Waals surface area contributed by atoms with Crippen LogP contribution in [0.25, 0.3) is 11.1 Å². The molecule has 5 saturated heterocycles. The van der Waals surface area contributed by atoms with Crippen LogP contribution in [0.1, 0.15) is 92.3 Å². The fourth-order valence-electron chi connectivity index (χ4n) is 12.6. The summed E-state index contributed by atoms with van der Waals surface area (Å²) in [7, 11) is 2.91. The van der Waals surface area contributed by atoms with Crippen molar-refractivity contribution < 1.29 is 67.7 Å². The Balaban J connectivity index is 0.830. The van der Waals surface area contributed by atoms with Gasteiger partial charge in [-0.2, -0.15) is 0 Å². The molecule has 0 radical (unpaired) electrons. The van der Waals surface area contributed by atoms with Crippen LogP contribution in [0.15, 0.2) is 66.7 Å². The van der Waals surface area contributed by atoms with E-state index >= 15 is 0 Å². The number of hydrogen-bond donors (Lipinski definition) is 3. The quantitative estimate of drug-likeness (QED) is 0.194. The first kappa shape index (κ1) is 43.4. The van der Waals surface area contributed by atoms with Crippen LogP contribution in [0.2, 0.25) is 0 Å². The van der Waals surface area contributed by atoms with Crippen LogP contribution in [0.4, 0.5) is 4.79 Å². The summed E-state index contributed by atoms with van der Waals surface area (Å²) in [5, 5.41) is 37.2. The van der Waals surface area contributed by atoms with Crippen LogP contribution in [0.3, 0.4) is 0 Å². The highest BCUT2D eigenvalue weighted by Crippen LogP contribution is 2.54. The molecule has 354 valence electrons. The van der Waals surface area contributed by atoms with Crippen LogP contribution < -0.4 is 4.74 Å². The molecule has 4 aromatic rings. The molecule has 68 heavy (non-hydrogen) atoms. The molecular weight excluding hydrogens is 879 g/mol. The highest BCUT2D eigenvalue weighted by atomic mass is 16.7. The smallest absolute Gasteiger partial charge is 0.410 e. The summed E-state index contributed by atoms with van der Waals surface area (Å²) < 4.78 is 42.4. The van der Waals surface area contributed by atoms with Crippen LogP contribution in [0.5, 0.6) is 17.2 Å². The molecular formula is C51H51N3O14. The van der Waals surface area contributed by atoms with E-state index in [9.17, 15) is 34.5 Å². The van der Waals surface area contributed by atoms with Gasteiger partial charge in [0.2, 0.25) is 5.78 Å². The van der Waals surface area contributed by atoms with Crippen molar-refractivity contribution in [3.63, 3.8) is 0 Å². The zero-order valence-electron chi connectivity index (χ0n) is 37.7. The van der Waals surface area contributed by atoms with Crippen LogP contribution in [-0.4, -0.2) is 155 Å². The Kier molecular flexibility index (Phi) is 10.3. The third-order valence-corrected chi connectivity index (χ3v) is 15.7. The van der Waals surface area contributed by atoms with Gasteiger partial charge >= 0.3 is 6.09 Å². The van der Waals surface area contributed by atoms with Crippen molar-refractivity contribution in [3.05, 3.63) is 111 Å². The number of carbonyl (C=O) groups excluding carboxylic acids is 4. The lowest BCUT2D eigenvalue weighted by molar-refractivity contribution is -0.256. The van der Waals surface area contributed by atoms with Gasteiger partial charge in [0.05, 0.1) is 54.7 Å². The Morgan fingerprint density at radius 1 is 0.824 bits per heavy atom. The molecule has 2 bridgehead atoms. The molecule has 0 spiro atoms. The highest BCUT2D eigenvalue weighted by molar-refractivity contribution is 6.31. The summed E-state index contributed by atoms with van der Waals surface area (Å²) in [5.74, 6) is -3.40. The summed E-state index contributed by atoms with van der Waals surface area (Å²) in [6, 6.07) is 19.7. The number of amides is 2. The summed E-state index contributed by atoms with van der Waals surface area (Å²) in [4.78, 5) is 62.7. The van der Waals surface area contributed by atoms with E-state index in [2.05, 4.69) is 29.2 Å². The second kappa shape index (κ2) is 16.1. The molecule has 0 unspecified atom stereocenters. The van der Waals surface area contributed by atoms with E-state index in [0.717, 1.165) is 22.3 Å². The van der Waals surface area contributed by atoms with E-state index in [1.807, 2.05) is 31.2 Å². The molecule has 5 fully saturated rings. The number of piperazine rings is 1. The predicted octanol–water partition coefficient (Wildman–Crippen LogP) is 4.38. The number of ketones is 2. The van der Waals surface area contributed by atoms with Crippen molar-refractivity contribution in [2.24, 2.45) is 0 Å². The molecule has 0 aromatic heterocycles. The number of hydrogen-bond acceptors (Lipinski definition) is 15. The van der Waals surface area contributed by atoms with Gasteiger partial charge in [-0.3, -0.25) is 19.3 Å². The molecule has 5 aliphatic heterocycles. The van der Waals surface area contributed by atoms with Crippen molar-refractivity contribution in [2.75, 3.05) is 47.1 Å². The number of nitrogens with zero attached hydrogens (tertiary/aromatic N) is 3. The van der Waals surface area contributed by atoms with Crippen molar-refractivity contribution in [3.8, 4) is 28.4 Å². The standard InChI is InChI=1S/C51H51N3O14/c1-24-46-34(52-15-16-64-48(63-3)47(52)68-46)18-37(66-24)67-36-20-51(61,19-32-39(36)45(58)41-40(43(32)56)42(55)31-13-8-14-35(62-2)38(31)44(41)57)49(59)53-21-26-17-25(53)22-54(26)50(60)65-23-33-29-11-6-4-9-27(29)28-10-5-7-12-30(28)33/h4-14,24-26,33-34,36-37,46-48,56,58,61H,15-23H2,1-3H3/t24-,25-,26-,34-,36-,37-,46+,47+,48-,51-/m0/s1. The van der Waals surface area contributed by atoms with Gasteiger partial charge in [-0.1, -0.05) is 60.7 Å². The summed E-state index contributed by atoms with van der Waals surface area (Å²) >= 11 is 0. The van der Waals surface area contributed by atoms with Gasteiger partial charge in [0, 0.05) is 74.7 Å². The molecule has 3 aliphatic carbocycles. The first-order valence-corrected chi connectivity index (χ1v) is 23.3. The maximum absolute atomic E-state index is 15.0. The summed E-state index contributed by atoms with van der Waals surface area (Å²) in [6.45, 7) is 3.28. The number of rotatable bonds is 7. The van der Waals surface area contributed by atoms with Gasteiger partial charge in [-0.15, -0.1) is 0 Å². The monoisotopic (exact) mass is 929 g/mol. The van der Waals surface area contributed by atoms with Gasteiger partial charge in [0.15, 0.2) is 24.6 Å². The number of morpholine rings is 1. The third-order valence-electron chi connectivity index (χ3n) is 15.7. The first-order valence-electron chi connectivity index (χ1n) is 23.3. The van der Waals surface area contributed by atoms with E-state index < -0.39 is 102 Å². The molecule has 8 aliphatic rings. The van der Waals surface area contributed by atoms with Crippen LogP contribution in [0, 0.1) is 0 Å². The minimum atomic E-state index is -2.24. The van der Waals surface area contributed by atoms with Gasteiger partial charge < -0.3 is 58.3 Å². The first-order chi connectivity index (χ1) is 32.9. The largest absolute Gasteiger partial charge is 0.507 e. The number of ether oxygens (including phenoxy) is 7. The lowest BCUT2D eigenvalue weighted by atomic mass is 9.72. The van der Waals surface area contributed by atoms with Crippen molar-refractivity contribution in [2.45, 2.75) is 99.4 Å². The number of benzene rings is 4. The zero-order valence-corrected chi connectivity index (χ0v) is 37.7. The summed E-state index contributed by atoms with van der Waals surface area (Å²) in [5.41, 5.74) is 1.08. The van der Waals surface area contributed by atoms with E-state index in [-0.39, 0.29) is 78.2 Å². The Bertz CT molecular complexity index is 2750. The second-order valence-corrected chi connectivity index (χ2v) is 19.2. The Hall–Kier alpha value is -5.92. The number of methoxy groups -OCH3 is 2. The predicted molar refractivity (Wildman–Crippen MR) is 237 cm³/mol. The Morgan fingerprint density at radius 3 is 2.22 bits per heavy atom. The number of likely N-dealkylation sites (tertiary alicyclic amines) is 2. The Morgan fingerprint density at radius 2 is 1.51 bits per heavy atom. The second-order valence-electron chi connectivity index (χ2n) is 19.2. The maximum atomic E-state index is 15.0. The van der Waals surface area contributed by atoms with Crippen molar-refractivity contribution in [1.82, 2.24) is 14.7 Å². The molecule has 17 heteroatoms. The lowest BCUT2D eigenvalue weighted by Crippen LogP contribution is -2.59. The SMILES string of the molecule is COc1cccc2c1C(=O)c1c(O)c3c(c(O)c1C2=O)C[C@@](O)(C(=O)N1C[C@@H]2C[C@H]1CN2C(=O)OCC1c2ccccc2-c2ccccc21)C[C@@H]3O[C@H]1C[C@H]2[C@H](O[C@@H]3[C@@H](OC)OCCN32)[C@H](C)O1. The average molecular weight is 930 g/mol. The van der Waals surface area contributed by atoms with Gasteiger partial charge in [-0.05, 0) is 41.7 Å². The minimum Gasteiger partial charge on any atom is -0.507 e. The fraction of sp³-hybridized carbons (Fsp3) is 0.451. The molecule has 10 atom stereocenters. The van der Waals surface area contributed by atoms with Gasteiger partial charge in [-0.25, -0.2) is 4.79 Å². The number of carbonyl (C=O) groups is 4. The normalized spacial score (nSPS) is 31.1. The molecule has 5 heterocycles. The number of phenols is 2. The topological polar surface area (TPSA) is 203 Å². The lowest BCUT2D eigenvalue weighted by Gasteiger charge is -2.45. The summed E-state index contributed by atoms with van der Waals surface area (Å²) in [6.07, 6.45) is -4.92. The van der Waals surface area contributed by atoms with Gasteiger partial charge in [0.25, 0.3) is 5.91 Å². The highest BCUT2D eigenvalue weighted by Gasteiger charge is 2.58. The number of aliphatic hydroxyl groups is 1. The van der Waals surface area contributed by atoms with E-state index in [1.165, 1.54) is 19.2 Å². The average Bonchev–Trinajstić information content (AvgIpc) is 4.14. The number of phenolic OH excluding ortho intramolecular Hbond substituents is 2. The Labute approximate surface area is 391 Å². The van der Waals surface area contributed by atoms with Gasteiger partial charge in [0.1, 0.15) is 35.6 Å². The molecule has 3 N–H and O–H groups in total. The van der Waals surface area contributed by atoms with Crippen molar-refractivity contribution >= 4 is 23.6 Å². The molecule has 0 saturated carbocycles. The van der Waals surface area contributed by atoms with Crippen LogP contribution >= 0.6 is 0 Å². The number of aromatic hydroxyl groups is 2. The van der Waals surface area contributed by atoms with Crippen molar-refractivity contribution in [1.29, 1.82) is 0 Å². The maximum Gasteiger partial charge on any atom is 0.410 e. The molecule has 4 aromatic carbocycles. The fourth-order valence-corrected chi connectivity index (χ4v) is 12.6. The molecule has 2 amide bonds. The minimum absolute atomic E-state index is 0.0319. The van der Waals surface area contributed by atoms with E-state index in [0.29, 0.717) is 19.6 Å². The van der Waals surface area contributed by atoms with E-state index in [1.54, 1.807) is 23.0 Å². The molecule has 17 nitrogen and oxygen atoms in total. The van der Waals surface area contributed by atoms with E-state index in [4.69, 9.17) is 33.2 Å². The van der Waals surface area contributed by atoms with Crippen LogP contribution in [-0.2, 0) is 39.6 Å².